The molecule has 35 heavy (non-hydrogen) atoms. The zero-order valence-electron chi connectivity index (χ0n) is 20.2. The number of carbonyl (C=O) groups is 1. The number of nitrogens with zero attached hydrogens (tertiary/aromatic N) is 4. The van der Waals surface area contributed by atoms with Crippen LogP contribution in [0.25, 0.3) is 22.3 Å². The molecule has 0 saturated carbocycles. The van der Waals surface area contributed by atoms with Crippen LogP contribution in [0.5, 0.6) is 0 Å². The summed E-state index contributed by atoms with van der Waals surface area (Å²) in [6.45, 7) is 5.99. The van der Waals surface area contributed by atoms with Gasteiger partial charge in [0.15, 0.2) is 0 Å². The molecule has 178 valence electrons. The van der Waals surface area contributed by atoms with E-state index in [-0.39, 0.29) is 11.5 Å². The van der Waals surface area contributed by atoms with Crippen LogP contribution >= 0.6 is 0 Å². The van der Waals surface area contributed by atoms with Gasteiger partial charge in [-0.1, -0.05) is 74.5 Å². The maximum absolute atomic E-state index is 13.1. The zero-order valence-corrected chi connectivity index (χ0v) is 20.2. The maximum atomic E-state index is 13.1. The number of amides is 1. The molecule has 0 N–H and O–H groups in total. The van der Waals surface area contributed by atoms with Crippen LogP contribution in [0.1, 0.15) is 43.7 Å². The van der Waals surface area contributed by atoms with Gasteiger partial charge in [0.05, 0.1) is 5.69 Å². The Morgan fingerprint density at radius 2 is 1.77 bits per heavy atom. The summed E-state index contributed by atoms with van der Waals surface area (Å²) < 4.78 is 3.22. The molecule has 1 amide bonds. The highest BCUT2D eigenvalue weighted by atomic mass is 16.2. The molecule has 1 aliphatic rings. The van der Waals surface area contributed by atoms with Gasteiger partial charge in [-0.3, -0.25) is 9.59 Å². The third-order valence-corrected chi connectivity index (χ3v) is 6.75. The van der Waals surface area contributed by atoms with E-state index in [2.05, 4.69) is 49.3 Å². The van der Waals surface area contributed by atoms with Gasteiger partial charge in [-0.25, -0.2) is 4.52 Å². The van der Waals surface area contributed by atoms with Gasteiger partial charge in [0, 0.05) is 44.0 Å². The first-order valence-corrected chi connectivity index (χ1v) is 12.2. The van der Waals surface area contributed by atoms with Crippen molar-refractivity contribution in [2.75, 3.05) is 13.1 Å². The molecule has 6 heteroatoms. The minimum Gasteiger partial charge on any atom is -0.339 e. The number of rotatable bonds is 6. The summed E-state index contributed by atoms with van der Waals surface area (Å²) in [6.07, 6.45) is 6.77. The largest absolute Gasteiger partial charge is 0.339 e. The van der Waals surface area contributed by atoms with Gasteiger partial charge in [-0.05, 0) is 35.1 Å². The topological polar surface area (TPSA) is 59.6 Å². The van der Waals surface area contributed by atoms with E-state index in [1.165, 1.54) is 16.7 Å². The molecule has 1 aliphatic heterocycles. The third kappa shape index (κ3) is 4.83. The van der Waals surface area contributed by atoms with Crippen molar-refractivity contribution in [1.29, 1.82) is 0 Å². The highest BCUT2D eigenvalue weighted by molar-refractivity contribution is 5.78. The number of carbonyl (C=O) groups excluding carboxylic acids is 1. The molecule has 0 unspecified atom stereocenters. The first kappa shape index (κ1) is 22.8. The van der Waals surface area contributed by atoms with Gasteiger partial charge in [0.1, 0.15) is 5.52 Å². The number of aromatic nitrogens is 3. The molecule has 0 fully saturated rings. The Hall–Kier alpha value is -3.93. The first-order valence-electron chi connectivity index (χ1n) is 12.2. The van der Waals surface area contributed by atoms with Crippen LogP contribution < -0.4 is 5.56 Å². The molecular formula is C29H30N4O2. The Morgan fingerprint density at radius 1 is 1.00 bits per heavy atom. The van der Waals surface area contributed by atoms with Crippen molar-refractivity contribution < 1.29 is 4.79 Å². The molecule has 6 nitrogen and oxygen atoms in total. The van der Waals surface area contributed by atoms with E-state index in [1.807, 2.05) is 41.3 Å². The summed E-state index contributed by atoms with van der Waals surface area (Å²) in [5.41, 5.74) is 5.89. The molecule has 4 aromatic rings. The predicted molar refractivity (Wildman–Crippen MR) is 139 cm³/mol. The summed E-state index contributed by atoms with van der Waals surface area (Å²) in [5.74, 6) is 0.534. The Morgan fingerprint density at radius 3 is 2.46 bits per heavy atom. The van der Waals surface area contributed by atoms with E-state index in [0.717, 1.165) is 17.7 Å². The summed E-state index contributed by atoms with van der Waals surface area (Å²) >= 11 is 0. The van der Waals surface area contributed by atoms with Crippen LogP contribution in [0.15, 0.2) is 83.9 Å². The fourth-order valence-electron chi connectivity index (χ4n) is 4.57. The predicted octanol–water partition coefficient (Wildman–Crippen LogP) is 4.99. The van der Waals surface area contributed by atoms with Crippen molar-refractivity contribution in [3.63, 3.8) is 0 Å². The standard InChI is InChI=1S/C29H30N4O2/c1-21(2)22-8-10-25(11-9-22)26-20-27-29(35)32(18-19-33(27)30-26)17-14-28(34)31-15-12-24(13-16-31)23-6-4-3-5-7-23/h3-12,18-21H,13-17H2,1-2H3. The van der Waals surface area contributed by atoms with Crippen molar-refractivity contribution >= 4 is 17.0 Å². The lowest BCUT2D eigenvalue weighted by Crippen LogP contribution is -2.35. The van der Waals surface area contributed by atoms with Crippen molar-refractivity contribution in [2.45, 2.75) is 39.2 Å². The molecule has 0 aliphatic carbocycles. The van der Waals surface area contributed by atoms with Gasteiger partial charge in [0.2, 0.25) is 5.91 Å². The molecule has 2 aromatic carbocycles. The molecular weight excluding hydrogens is 436 g/mol. The van der Waals surface area contributed by atoms with E-state index in [1.54, 1.807) is 21.5 Å². The summed E-state index contributed by atoms with van der Waals surface area (Å²) in [4.78, 5) is 27.8. The van der Waals surface area contributed by atoms with Gasteiger partial charge >= 0.3 is 0 Å². The number of aryl methyl sites for hydroxylation is 1. The third-order valence-electron chi connectivity index (χ3n) is 6.75. The second-order valence-corrected chi connectivity index (χ2v) is 9.37. The Balaban J connectivity index is 1.26. The SMILES string of the molecule is CC(C)c1ccc(-c2cc3c(=O)n(CCC(=O)N4CC=C(c5ccccc5)CC4)ccn3n2)cc1. The quantitative estimate of drug-likeness (QED) is 0.402. The van der Waals surface area contributed by atoms with E-state index >= 15 is 0 Å². The van der Waals surface area contributed by atoms with Crippen LogP contribution in [0.2, 0.25) is 0 Å². The van der Waals surface area contributed by atoms with Crippen molar-refractivity contribution in [1.82, 2.24) is 19.1 Å². The highest BCUT2D eigenvalue weighted by Crippen LogP contribution is 2.23. The zero-order chi connectivity index (χ0) is 24.4. The Kier molecular flexibility index (Phi) is 6.36. The average molecular weight is 467 g/mol. The smallest absolute Gasteiger partial charge is 0.276 e. The Labute approximate surface area is 205 Å². The van der Waals surface area contributed by atoms with Crippen LogP contribution in [0, 0.1) is 0 Å². The van der Waals surface area contributed by atoms with Crippen molar-refractivity contribution in [2.24, 2.45) is 0 Å². The molecule has 2 aromatic heterocycles. The van der Waals surface area contributed by atoms with Crippen LogP contribution in [0.4, 0.5) is 0 Å². The molecule has 5 rings (SSSR count). The minimum atomic E-state index is -0.136. The van der Waals surface area contributed by atoms with Crippen molar-refractivity contribution in [3.8, 4) is 11.3 Å². The van der Waals surface area contributed by atoms with Gasteiger partial charge < -0.3 is 9.47 Å². The summed E-state index contributed by atoms with van der Waals surface area (Å²) in [5, 5.41) is 4.58. The highest BCUT2D eigenvalue weighted by Gasteiger charge is 2.18. The summed E-state index contributed by atoms with van der Waals surface area (Å²) in [7, 11) is 0. The lowest BCUT2D eigenvalue weighted by atomic mass is 9.99. The number of benzene rings is 2. The average Bonchev–Trinajstić information content (AvgIpc) is 3.34. The normalized spacial score (nSPS) is 13.9. The van der Waals surface area contributed by atoms with E-state index in [0.29, 0.717) is 37.5 Å². The van der Waals surface area contributed by atoms with E-state index < -0.39 is 0 Å². The van der Waals surface area contributed by atoms with E-state index in [4.69, 9.17) is 0 Å². The second kappa shape index (κ2) is 9.74. The second-order valence-electron chi connectivity index (χ2n) is 9.37. The lowest BCUT2D eigenvalue weighted by molar-refractivity contribution is -0.131. The molecule has 0 spiro atoms. The van der Waals surface area contributed by atoms with Crippen LogP contribution in [-0.2, 0) is 11.3 Å². The molecule has 0 bridgehead atoms. The first-order chi connectivity index (χ1) is 17.0. The monoisotopic (exact) mass is 466 g/mol. The fraction of sp³-hybridized carbons (Fsp3) is 0.276. The number of fused-ring (bicyclic) bond motifs is 1. The fourth-order valence-corrected chi connectivity index (χ4v) is 4.57. The lowest BCUT2D eigenvalue weighted by Gasteiger charge is -2.27. The molecule has 0 atom stereocenters. The van der Waals surface area contributed by atoms with Gasteiger partial charge in [-0.2, -0.15) is 5.10 Å². The molecule has 3 heterocycles. The minimum absolute atomic E-state index is 0.0691. The van der Waals surface area contributed by atoms with Crippen LogP contribution in [0.3, 0.4) is 0 Å². The summed E-state index contributed by atoms with van der Waals surface area (Å²) in [6, 6.07) is 20.4. The Bertz CT molecular complexity index is 1430. The molecule has 0 radical (unpaired) electrons. The van der Waals surface area contributed by atoms with Crippen molar-refractivity contribution in [3.05, 3.63) is 101 Å². The number of hydrogen-bond donors (Lipinski definition) is 0. The van der Waals surface area contributed by atoms with E-state index in [9.17, 15) is 9.59 Å². The van der Waals surface area contributed by atoms with Gasteiger partial charge in [-0.15, -0.1) is 0 Å². The maximum Gasteiger partial charge on any atom is 0.276 e. The van der Waals surface area contributed by atoms with Gasteiger partial charge in [0.25, 0.3) is 5.56 Å². The van der Waals surface area contributed by atoms with Crippen LogP contribution in [-0.4, -0.2) is 38.1 Å². The molecule has 0 saturated heterocycles. The number of hydrogen-bond acceptors (Lipinski definition) is 3.